The van der Waals surface area contributed by atoms with Gasteiger partial charge in [0.2, 0.25) is 0 Å². The Bertz CT molecular complexity index is 1570. The molecule has 1 heterocycles. The largest absolute Gasteiger partial charge is 0.459 e. The van der Waals surface area contributed by atoms with Crippen molar-refractivity contribution in [1.29, 1.82) is 0 Å². The van der Waals surface area contributed by atoms with Gasteiger partial charge in [0.15, 0.2) is 0 Å². The quantitative estimate of drug-likeness (QED) is 0.208. The molecule has 17 heteroatoms. The minimum Gasteiger partial charge on any atom is -0.349 e. The molecule has 0 aliphatic carbocycles. The number of carbonyl (C=O) groups excluding carboxylic acids is 2. The average molecular weight is 704 g/mol. The maximum absolute atomic E-state index is 14.0. The van der Waals surface area contributed by atoms with Gasteiger partial charge >= 0.3 is 24.2 Å². The molecule has 0 aliphatic rings. The van der Waals surface area contributed by atoms with Gasteiger partial charge in [0.05, 0.1) is 16.1 Å². The van der Waals surface area contributed by atoms with E-state index in [1.165, 1.54) is 55.1 Å². The first-order chi connectivity index (χ1) is 21.1. The molecule has 250 valence electrons. The van der Waals surface area contributed by atoms with Gasteiger partial charge in [-0.2, -0.15) is 55.7 Å². The highest BCUT2D eigenvalue weighted by Gasteiger charge is 2.63. The van der Waals surface area contributed by atoms with E-state index in [4.69, 9.17) is 11.6 Å². The molecule has 0 saturated heterocycles. The second-order valence-electron chi connectivity index (χ2n) is 10.2. The Labute approximate surface area is 265 Å². The topological polar surface area (TPSA) is 71.1 Å². The summed E-state index contributed by atoms with van der Waals surface area (Å²) in [6, 6.07) is 7.97. The number of pyridine rings is 1. The molecule has 1 aromatic heterocycles. The number of hydrogen-bond acceptors (Lipinski definition) is 4. The van der Waals surface area contributed by atoms with E-state index in [9.17, 15) is 53.5 Å². The van der Waals surface area contributed by atoms with E-state index in [1.54, 1.807) is 6.92 Å². The fraction of sp³-hybridized carbons (Fsp3) is 0.345. The van der Waals surface area contributed by atoms with Crippen LogP contribution in [0.5, 0.6) is 0 Å². The SMILES string of the molecule is CSCC(C)NC(=O)c1c(Cl)cccc1C(=O)Nc1ccc(Cc2cc(C(F)(F)C(F)(F)F)nc(C(F)(F)C(F)(F)F)c2)cc1C. The molecule has 0 saturated carbocycles. The predicted octanol–water partition coefficient (Wildman–Crippen LogP) is 8.68. The maximum atomic E-state index is 14.0. The number of aryl methyl sites for hydroxylation is 1. The van der Waals surface area contributed by atoms with Gasteiger partial charge in [-0.25, -0.2) is 4.98 Å². The van der Waals surface area contributed by atoms with Crippen molar-refractivity contribution in [3.8, 4) is 0 Å². The summed E-state index contributed by atoms with van der Waals surface area (Å²) in [5, 5.41) is 5.30. The fourth-order valence-corrected chi connectivity index (χ4v) is 5.08. The zero-order valence-corrected chi connectivity index (χ0v) is 25.5. The van der Waals surface area contributed by atoms with Crippen molar-refractivity contribution in [3.63, 3.8) is 0 Å². The van der Waals surface area contributed by atoms with Crippen molar-refractivity contribution in [3.05, 3.63) is 92.8 Å². The van der Waals surface area contributed by atoms with Crippen molar-refractivity contribution in [2.24, 2.45) is 0 Å². The third-order valence-electron chi connectivity index (χ3n) is 6.47. The monoisotopic (exact) mass is 703 g/mol. The molecule has 2 amide bonds. The number of nitrogens with one attached hydrogen (secondary N) is 2. The fourth-order valence-electron chi connectivity index (χ4n) is 4.23. The summed E-state index contributed by atoms with van der Waals surface area (Å²) >= 11 is 7.70. The molecule has 0 aliphatic heterocycles. The van der Waals surface area contributed by atoms with Gasteiger partial charge in [-0.1, -0.05) is 29.8 Å². The van der Waals surface area contributed by atoms with Gasteiger partial charge in [0, 0.05) is 17.5 Å². The Balaban J connectivity index is 1.94. The summed E-state index contributed by atoms with van der Waals surface area (Å²) in [7, 11) is 0. The number of benzene rings is 2. The molecule has 2 aromatic carbocycles. The Hall–Kier alpha value is -3.53. The first-order valence-corrected chi connectivity index (χ1v) is 14.8. The molecule has 0 radical (unpaired) electrons. The number of hydrogen-bond donors (Lipinski definition) is 2. The van der Waals surface area contributed by atoms with Crippen LogP contribution >= 0.6 is 23.4 Å². The first kappa shape index (κ1) is 36.9. The van der Waals surface area contributed by atoms with Crippen molar-refractivity contribution >= 4 is 40.9 Å². The second-order valence-corrected chi connectivity index (χ2v) is 11.5. The van der Waals surface area contributed by atoms with Crippen molar-refractivity contribution in [2.75, 3.05) is 17.3 Å². The molecule has 46 heavy (non-hydrogen) atoms. The van der Waals surface area contributed by atoms with E-state index in [1.807, 2.05) is 6.26 Å². The molecule has 0 spiro atoms. The summed E-state index contributed by atoms with van der Waals surface area (Å²) in [6.45, 7) is 3.21. The molecular weight excluding hydrogens is 680 g/mol. The summed E-state index contributed by atoms with van der Waals surface area (Å²) in [4.78, 5) is 28.4. The van der Waals surface area contributed by atoms with Crippen molar-refractivity contribution in [2.45, 2.75) is 50.5 Å². The van der Waals surface area contributed by atoms with Gasteiger partial charge in [-0.05, 0) is 73.5 Å². The minimum atomic E-state index is -6.34. The van der Waals surface area contributed by atoms with E-state index in [2.05, 4.69) is 15.6 Å². The van der Waals surface area contributed by atoms with Gasteiger partial charge < -0.3 is 10.6 Å². The van der Waals surface area contributed by atoms with Crippen molar-refractivity contribution < 1.29 is 53.5 Å². The maximum Gasteiger partial charge on any atom is 0.459 e. The number of aromatic nitrogens is 1. The lowest BCUT2D eigenvalue weighted by Crippen LogP contribution is -2.38. The van der Waals surface area contributed by atoms with Gasteiger partial charge in [-0.3, -0.25) is 9.59 Å². The Kier molecular flexibility index (Phi) is 11.0. The zero-order chi connectivity index (χ0) is 34.8. The normalized spacial score (nSPS) is 13.3. The van der Waals surface area contributed by atoms with E-state index in [0.717, 1.165) is 0 Å². The van der Waals surface area contributed by atoms with Crippen LogP contribution in [-0.4, -0.2) is 47.2 Å². The molecule has 3 aromatic rings. The molecule has 2 N–H and O–H groups in total. The van der Waals surface area contributed by atoms with Crippen LogP contribution in [0.15, 0.2) is 48.5 Å². The smallest absolute Gasteiger partial charge is 0.349 e. The molecule has 3 rings (SSSR count). The highest BCUT2D eigenvalue weighted by molar-refractivity contribution is 7.98. The highest BCUT2D eigenvalue weighted by atomic mass is 35.5. The standard InChI is InChI=1S/C29H24ClF10N3O2S/c1-14-9-16(10-17-11-21(26(31,32)28(35,36)37)43-22(12-17)27(33,34)29(38,39)40)7-8-20(14)42-24(44)18-5-4-6-19(30)23(18)25(45)41-15(2)13-46-3/h4-9,11-12,15H,10,13H2,1-3H3,(H,41,45)(H,42,44). The third-order valence-corrected chi connectivity index (χ3v) is 7.62. The predicted molar refractivity (Wildman–Crippen MR) is 153 cm³/mol. The highest BCUT2D eigenvalue weighted by Crippen LogP contribution is 2.47. The van der Waals surface area contributed by atoms with Crippen LogP contribution in [0.3, 0.4) is 0 Å². The number of amides is 2. The van der Waals surface area contributed by atoms with Gasteiger partial charge in [0.1, 0.15) is 11.4 Å². The molecule has 1 atom stereocenters. The first-order valence-electron chi connectivity index (χ1n) is 13.0. The molecule has 5 nitrogen and oxygen atoms in total. The van der Waals surface area contributed by atoms with E-state index in [0.29, 0.717) is 5.75 Å². The molecule has 1 unspecified atom stereocenters. The Morgan fingerprint density at radius 3 is 1.91 bits per heavy atom. The number of thioether (sulfide) groups is 1. The summed E-state index contributed by atoms with van der Waals surface area (Å²) < 4.78 is 134. The third kappa shape index (κ3) is 8.06. The van der Waals surface area contributed by atoms with Gasteiger partial charge in [-0.15, -0.1) is 0 Å². The summed E-state index contributed by atoms with van der Waals surface area (Å²) in [6.07, 6.45) is -11.5. The van der Waals surface area contributed by atoms with Crippen LogP contribution in [0, 0.1) is 6.92 Å². The van der Waals surface area contributed by atoms with E-state index >= 15 is 0 Å². The number of anilines is 1. The van der Waals surface area contributed by atoms with Crippen LogP contribution < -0.4 is 10.6 Å². The lowest BCUT2D eigenvalue weighted by molar-refractivity contribution is -0.295. The number of carbonyl (C=O) groups is 2. The lowest BCUT2D eigenvalue weighted by atomic mass is 9.99. The number of alkyl halides is 10. The Morgan fingerprint density at radius 2 is 1.41 bits per heavy atom. The van der Waals surface area contributed by atoms with Crippen molar-refractivity contribution in [1.82, 2.24) is 10.3 Å². The lowest BCUT2D eigenvalue weighted by Gasteiger charge is -2.24. The number of nitrogens with zero attached hydrogens (tertiary/aromatic N) is 1. The number of rotatable bonds is 10. The molecule has 0 fully saturated rings. The van der Waals surface area contributed by atoms with Crippen LogP contribution in [0.1, 0.15) is 55.7 Å². The van der Waals surface area contributed by atoms with Crippen LogP contribution in [-0.2, 0) is 18.3 Å². The number of halogens is 11. The van der Waals surface area contributed by atoms with Crippen LogP contribution in [0.2, 0.25) is 5.02 Å². The van der Waals surface area contributed by atoms with Crippen LogP contribution in [0.25, 0.3) is 0 Å². The van der Waals surface area contributed by atoms with Gasteiger partial charge in [0.25, 0.3) is 11.8 Å². The minimum absolute atomic E-state index is 0.00291. The molecular formula is C29H24ClF10N3O2S. The summed E-state index contributed by atoms with van der Waals surface area (Å²) in [5.41, 5.74) is -5.06. The zero-order valence-electron chi connectivity index (χ0n) is 23.9. The molecule has 0 bridgehead atoms. The Morgan fingerprint density at radius 1 is 0.848 bits per heavy atom. The second kappa shape index (κ2) is 13.7. The van der Waals surface area contributed by atoms with E-state index in [-0.39, 0.29) is 51.1 Å². The van der Waals surface area contributed by atoms with Crippen LogP contribution in [0.4, 0.5) is 49.6 Å². The average Bonchev–Trinajstić information content (AvgIpc) is 2.92. The van der Waals surface area contributed by atoms with E-state index < -0.39 is 59.4 Å². The summed E-state index contributed by atoms with van der Waals surface area (Å²) in [5.74, 6) is -12.5.